The van der Waals surface area contributed by atoms with Gasteiger partial charge in [-0.15, -0.1) is 5.10 Å². The van der Waals surface area contributed by atoms with Crippen LogP contribution in [0.1, 0.15) is 32.6 Å². The van der Waals surface area contributed by atoms with Gasteiger partial charge in [-0.2, -0.15) is 4.98 Å². The molecule has 0 spiro atoms. The maximum atomic E-state index is 15.1. The van der Waals surface area contributed by atoms with Crippen molar-refractivity contribution < 1.29 is 14.2 Å². The highest BCUT2D eigenvalue weighted by Crippen LogP contribution is 2.35. The van der Waals surface area contributed by atoms with Gasteiger partial charge in [0.15, 0.2) is 5.82 Å². The van der Waals surface area contributed by atoms with E-state index in [1.165, 1.54) is 17.8 Å². The number of nitrogens with zero attached hydrogens (tertiary/aromatic N) is 5. The first kappa shape index (κ1) is 19.6. The molecule has 0 amide bonds. The van der Waals surface area contributed by atoms with Crippen LogP contribution in [0, 0.1) is 5.82 Å². The molecule has 1 saturated carbocycles. The lowest BCUT2D eigenvalue weighted by atomic mass is 9.84. The van der Waals surface area contributed by atoms with Gasteiger partial charge in [-0.05, 0) is 50.3 Å². The number of methoxy groups -OCH3 is 1. The van der Waals surface area contributed by atoms with Crippen molar-refractivity contribution in [3.63, 3.8) is 0 Å². The molecule has 3 aromatic heterocycles. The highest BCUT2D eigenvalue weighted by molar-refractivity contribution is 5.89. The Morgan fingerprint density at radius 2 is 1.94 bits per heavy atom. The molecule has 0 atom stereocenters. The zero-order chi connectivity index (χ0) is 21.6. The monoisotopic (exact) mass is 422 g/mol. The van der Waals surface area contributed by atoms with Gasteiger partial charge in [0, 0.05) is 18.4 Å². The molecule has 1 aliphatic carbocycles. The second-order valence-electron chi connectivity index (χ2n) is 8.27. The molecule has 0 saturated heterocycles. The van der Waals surface area contributed by atoms with Crippen LogP contribution < -0.4 is 10.1 Å². The molecule has 4 aromatic rings. The molecule has 5 rings (SSSR count). The van der Waals surface area contributed by atoms with Gasteiger partial charge in [-0.25, -0.2) is 8.91 Å². The number of nitrogens with one attached hydrogen (secondary N) is 1. The molecule has 3 heterocycles. The van der Waals surface area contributed by atoms with Gasteiger partial charge < -0.3 is 15.2 Å². The molecule has 0 radical (unpaired) electrons. The van der Waals surface area contributed by atoms with Crippen molar-refractivity contribution in [1.29, 1.82) is 0 Å². The predicted molar refractivity (Wildman–Crippen MR) is 115 cm³/mol. The smallest absolute Gasteiger partial charge is 0.244 e. The van der Waals surface area contributed by atoms with E-state index in [2.05, 4.69) is 25.4 Å². The van der Waals surface area contributed by atoms with Crippen LogP contribution in [0.15, 0.2) is 36.8 Å². The average Bonchev–Trinajstić information content (AvgIpc) is 3.10. The first-order chi connectivity index (χ1) is 14.9. The summed E-state index contributed by atoms with van der Waals surface area (Å²) in [5.41, 5.74) is 2.22. The van der Waals surface area contributed by atoms with E-state index in [4.69, 9.17) is 4.74 Å². The quantitative estimate of drug-likeness (QED) is 0.519. The fourth-order valence-corrected chi connectivity index (χ4v) is 4.18. The van der Waals surface area contributed by atoms with Crippen LogP contribution in [0.2, 0.25) is 0 Å². The Balaban J connectivity index is 1.54. The number of hydrogen-bond donors (Lipinski definition) is 2. The van der Waals surface area contributed by atoms with Gasteiger partial charge in [-0.1, -0.05) is 6.07 Å². The first-order valence-corrected chi connectivity index (χ1v) is 10.3. The third-order valence-electron chi connectivity index (χ3n) is 5.90. The number of hydrogen-bond acceptors (Lipinski definition) is 7. The number of halogens is 1. The van der Waals surface area contributed by atoms with Crippen molar-refractivity contribution in [2.24, 2.45) is 0 Å². The predicted octanol–water partition coefficient (Wildman–Crippen LogP) is 3.59. The second kappa shape index (κ2) is 7.42. The van der Waals surface area contributed by atoms with Crippen molar-refractivity contribution in [2.75, 3.05) is 12.4 Å². The van der Waals surface area contributed by atoms with Crippen LogP contribution in [0.4, 0.5) is 10.3 Å². The minimum atomic E-state index is -0.622. The van der Waals surface area contributed by atoms with Gasteiger partial charge in [0.05, 0.1) is 35.5 Å². The molecule has 9 heteroatoms. The normalized spacial score (nSPS) is 21.5. The van der Waals surface area contributed by atoms with Crippen molar-refractivity contribution in [3.8, 4) is 17.0 Å². The first-order valence-electron chi connectivity index (χ1n) is 10.3. The number of aliphatic hydroxyl groups is 1. The molecular weight excluding hydrogens is 399 g/mol. The fraction of sp³-hybridized carbons (Fsp3) is 0.364. The summed E-state index contributed by atoms with van der Waals surface area (Å²) in [5, 5.41) is 17.9. The molecule has 31 heavy (non-hydrogen) atoms. The zero-order valence-electron chi connectivity index (χ0n) is 17.3. The van der Waals surface area contributed by atoms with Gasteiger partial charge >= 0.3 is 0 Å². The Hall–Kier alpha value is -3.33. The number of ether oxygens (including phenoxy) is 1. The lowest BCUT2D eigenvalue weighted by Gasteiger charge is -2.33. The molecule has 1 aliphatic rings. The minimum Gasteiger partial charge on any atom is -0.479 e. The summed E-state index contributed by atoms with van der Waals surface area (Å²) >= 11 is 0. The van der Waals surface area contributed by atoms with Gasteiger partial charge in [0.1, 0.15) is 5.52 Å². The number of anilines is 1. The molecule has 0 unspecified atom stereocenters. The summed E-state index contributed by atoms with van der Waals surface area (Å²) in [7, 11) is 1.50. The molecule has 1 fully saturated rings. The fourth-order valence-electron chi connectivity index (χ4n) is 4.18. The summed E-state index contributed by atoms with van der Waals surface area (Å²) in [4.78, 5) is 13.1. The minimum absolute atomic E-state index is 0.140. The SMILES string of the molecule is COc1nc(NC2CCC(C)(O)CC2)nn2cc(F)c(-c3ccc4nccnc4c3)c12. The lowest BCUT2D eigenvalue weighted by Crippen LogP contribution is -2.36. The van der Waals surface area contributed by atoms with Crippen molar-refractivity contribution in [3.05, 3.63) is 42.6 Å². The van der Waals surface area contributed by atoms with Crippen LogP contribution in [0.3, 0.4) is 0 Å². The van der Waals surface area contributed by atoms with Crippen LogP contribution in [-0.2, 0) is 0 Å². The van der Waals surface area contributed by atoms with Crippen LogP contribution in [0.25, 0.3) is 27.7 Å². The maximum Gasteiger partial charge on any atom is 0.244 e. The van der Waals surface area contributed by atoms with Gasteiger partial charge in [-0.3, -0.25) is 9.97 Å². The Labute approximate surface area is 178 Å². The summed E-state index contributed by atoms with van der Waals surface area (Å²) in [6, 6.07) is 5.54. The van der Waals surface area contributed by atoms with E-state index in [1.54, 1.807) is 24.5 Å². The standard InChI is InChI=1S/C22H23FN6O2/c1-22(30)7-5-14(6-8-22)26-21-27-20(31-2)19-18(15(23)12-29(19)28-21)13-3-4-16-17(11-13)25-10-9-24-16/h3-4,9-12,14,30H,5-8H2,1-2H3,(H,26,28). The average molecular weight is 422 g/mol. The number of fused-ring (bicyclic) bond motifs is 2. The van der Waals surface area contributed by atoms with E-state index < -0.39 is 11.4 Å². The van der Waals surface area contributed by atoms with Crippen molar-refractivity contribution in [2.45, 2.75) is 44.2 Å². The Morgan fingerprint density at radius 1 is 1.19 bits per heavy atom. The molecule has 160 valence electrons. The molecule has 0 bridgehead atoms. The highest BCUT2D eigenvalue weighted by atomic mass is 19.1. The summed E-state index contributed by atoms with van der Waals surface area (Å²) in [5.74, 6) is 0.210. The third-order valence-corrected chi connectivity index (χ3v) is 5.90. The van der Waals surface area contributed by atoms with Crippen LogP contribution >= 0.6 is 0 Å². The van der Waals surface area contributed by atoms with Crippen LogP contribution in [0.5, 0.6) is 5.88 Å². The maximum absolute atomic E-state index is 15.1. The number of benzene rings is 1. The summed E-state index contributed by atoms with van der Waals surface area (Å²) in [6.45, 7) is 1.86. The molecular formula is C22H23FN6O2. The topological polar surface area (TPSA) is 97.5 Å². The van der Waals surface area contributed by atoms with E-state index in [9.17, 15) is 5.11 Å². The third kappa shape index (κ3) is 3.65. The Kier molecular flexibility index (Phi) is 4.70. The number of aromatic nitrogens is 5. The number of rotatable bonds is 4. The molecule has 1 aromatic carbocycles. The van der Waals surface area contributed by atoms with Gasteiger partial charge in [0.2, 0.25) is 11.8 Å². The molecule has 0 aliphatic heterocycles. The zero-order valence-corrected chi connectivity index (χ0v) is 17.3. The molecule has 8 nitrogen and oxygen atoms in total. The lowest BCUT2D eigenvalue weighted by molar-refractivity contribution is 0.0195. The Morgan fingerprint density at radius 3 is 2.68 bits per heavy atom. The van der Waals surface area contributed by atoms with E-state index in [0.717, 1.165) is 18.4 Å². The summed E-state index contributed by atoms with van der Waals surface area (Å²) < 4.78 is 22.0. The van der Waals surface area contributed by atoms with Crippen molar-refractivity contribution in [1.82, 2.24) is 24.6 Å². The van der Waals surface area contributed by atoms with E-state index in [-0.39, 0.29) is 11.9 Å². The van der Waals surface area contributed by atoms with Crippen LogP contribution in [-0.4, -0.2) is 48.4 Å². The summed E-state index contributed by atoms with van der Waals surface area (Å²) in [6.07, 6.45) is 7.57. The van der Waals surface area contributed by atoms with Gasteiger partial charge in [0.25, 0.3) is 0 Å². The highest BCUT2D eigenvalue weighted by Gasteiger charge is 2.29. The largest absolute Gasteiger partial charge is 0.479 e. The van der Waals surface area contributed by atoms with E-state index in [1.807, 2.05) is 13.0 Å². The van der Waals surface area contributed by atoms with Crippen molar-refractivity contribution >= 4 is 22.5 Å². The van der Waals surface area contributed by atoms with E-state index in [0.29, 0.717) is 41.0 Å². The molecule has 2 N–H and O–H groups in total. The second-order valence-corrected chi connectivity index (χ2v) is 8.27. The van der Waals surface area contributed by atoms with E-state index >= 15 is 4.39 Å². The Bertz CT molecular complexity index is 1260.